The van der Waals surface area contributed by atoms with Gasteiger partial charge in [-0.25, -0.2) is 4.79 Å². The van der Waals surface area contributed by atoms with Crippen LogP contribution < -0.4 is 16.1 Å². The molecule has 0 saturated carbocycles. The second kappa shape index (κ2) is 5.18. The van der Waals surface area contributed by atoms with Crippen LogP contribution in [-0.2, 0) is 0 Å². The second-order valence-electron chi connectivity index (χ2n) is 3.71. The summed E-state index contributed by atoms with van der Waals surface area (Å²) >= 11 is 0. The molecule has 0 bridgehead atoms. The quantitative estimate of drug-likeness (QED) is 0.797. The van der Waals surface area contributed by atoms with E-state index in [4.69, 9.17) is 0 Å². The summed E-state index contributed by atoms with van der Waals surface area (Å²) in [6.07, 6.45) is 1.70. The van der Waals surface area contributed by atoms with Crippen molar-refractivity contribution in [2.24, 2.45) is 0 Å². The zero-order chi connectivity index (χ0) is 13.0. The van der Waals surface area contributed by atoms with Crippen molar-refractivity contribution in [2.75, 3.05) is 11.4 Å². The average molecular weight is 243 g/mol. The summed E-state index contributed by atoms with van der Waals surface area (Å²) in [4.78, 5) is 29.1. The molecule has 0 fully saturated rings. The van der Waals surface area contributed by atoms with Crippen LogP contribution in [-0.4, -0.2) is 16.5 Å². The Kier molecular flexibility index (Phi) is 3.43. The Balaban J connectivity index is 2.51. The van der Waals surface area contributed by atoms with Gasteiger partial charge in [0.1, 0.15) is 5.82 Å². The molecule has 0 unspecified atom stereocenters. The lowest BCUT2D eigenvalue weighted by Gasteiger charge is -2.22. The van der Waals surface area contributed by atoms with Gasteiger partial charge in [-0.05, 0) is 12.1 Å². The van der Waals surface area contributed by atoms with Crippen LogP contribution in [0.2, 0.25) is 0 Å². The normalized spacial score (nSPS) is 10.0. The number of benzene rings is 1. The van der Waals surface area contributed by atoms with Crippen LogP contribution >= 0.6 is 0 Å². The Hall–Kier alpha value is -2.56. The SMILES string of the molecule is C=CCN(c1ccccc1)c1cc(=O)[nH]c(=O)[nH]1. The summed E-state index contributed by atoms with van der Waals surface area (Å²) in [6, 6.07) is 10.8. The third-order valence-corrected chi connectivity index (χ3v) is 2.42. The van der Waals surface area contributed by atoms with Crippen molar-refractivity contribution >= 4 is 11.5 Å². The van der Waals surface area contributed by atoms with Gasteiger partial charge in [0, 0.05) is 18.3 Å². The van der Waals surface area contributed by atoms with E-state index < -0.39 is 11.2 Å². The van der Waals surface area contributed by atoms with Crippen LogP contribution in [0.3, 0.4) is 0 Å². The second-order valence-corrected chi connectivity index (χ2v) is 3.71. The molecule has 0 amide bonds. The van der Waals surface area contributed by atoms with E-state index in [-0.39, 0.29) is 0 Å². The van der Waals surface area contributed by atoms with Crippen LogP contribution in [0.25, 0.3) is 0 Å². The van der Waals surface area contributed by atoms with Crippen LogP contribution in [0.15, 0.2) is 58.6 Å². The molecule has 1 aromatic carbocycles. The Morgan fingerprint density at radius 2 is 1.89 bits per heavy atom. The first-order chi connectivity index (χ1) is 8.70. The molecule has 0 aliphatic carbocycles. The van der Waals surface area contributed by atoms with Gasteiger partial charge in [0.05, 0.1) is 0 Å². The fraction of sp³-hybridized carbons (Fsp3) is 0.0769. The van der Waals surface area contributed by atoms with Gasteiger partial charge in [-0.2, -0.15) is 0 Å². The summed E-state index contributed by atoms with van der Waals surface area (Å²) < 4.78 is 0. The molecule has 0 saturated heterocycles. The first-order valence-electron chi connectivity index (χ1n) is 5.48. The Morgan fingerprint density at radius 3 is 2.50 bits per heavy atom. The first kappa shape index (κ1) is 11.9. The van der Waals surface area contributed by atoms with E-state index in [1.54, 1.807) is 11.0 Å². The summed E-state index contributed by atoms with van der Waals surface area (Å²) in [6.45, 7) is 4.17. The van der Waals surface area contributed by atoms with Gasteiger partial charge in [-0.15, -0.1) is 6.58 Å². The van der Waals surface area contributed by atoms with E-state index in [9.17, 15) is 9.59 Å². The Morgan fingerprint density at radius 1 is 1.17 bits per heavy atom. The topological polar surface area (TPSA) is 69.0 Å². The summed E-state index contributed by atoms with van der Waals surface area (Å²) in [5.74, 6) is 0.440. The fourth-order valence-corrected chi connectivity index (χ4v) is 1.68. The van der Waals surface area contributed by atoms with Crippen molar-refractivity contribution in [3.05, 3.63) is 69.9 Å². The predicted octanol–water partition coefficient (Wildman–Crippen LogP) is 1.39. The zero-order valence-electron chi connectivity index (χ0n) is 9.72. The average Bonchev–Trinajstić information content (AvgIpc) is 2.36. The number of aromatic nitrogens is 2. The largest absolute Gasteiger partial charge is 0.327 e. The van der Waals surface area contributed by atoms with Crippen molar-refractivity contribution < 1.29 is 0 Å². The van der Waals surface area contributed by atoms with Crippen molar-refractivity contribution in [2.45, 2.75) is 0 Å². The number of nitrogens with one attached hydrogen (secondary N) is 2. The Bertz CT molecular complexity index is 615. The van der Waals surface area contributed by atoms with Crippen LogP contribution in [0, 0.1) is 0 Å². The molecule has 2 aromatic rings. The molecule has 5 nitrogen and oxygen atoms in total. The van der Waals surface area contributed by atoms with Gasteiger partial charge in [-0.3, -0.25) is 14.8 Å². The minimum atomic E-state index is -0.525. The lowest BCUT2D eigenvalue weighted by molar-refractivity contribution is 0.971. The number of hydrogen-bond donors (Lipinski definition) is 2. The van der Waals surface area contributed by atoms with E-state index in [2.05, 4.69) is 16.5 Å². The highest BCUT2D eigenvalue weighted by Gasteiger charge is 2.08. The van der Waals surface area contributed by atoms with E-state index in [1.165, 1.54) is 6.07 Å². The monoisotopic (exact) mass is 243 g/mol. The van der Waals surface area contributed by atoms with Gasteiger partial charge in [0.15, 0.2) is 0 Å². The lowest BCUT2D eigenvalue weighted by Crippen LogP contribution is -2.27. The van der Waals surface area contributed by atoms with Gasteiger partial charge < -0.3 is 4.90 Å². The van der Waals surface area contributed by atoms with Gasteiger partial charge >= 0.3 is 5.69 Å². The third-order valence-electron chi connectivity index (χ3n) is 2.42. The molecule has 0 radical (unpaired) electrons. The van der Waals surface area contributed by atoms with Crippen LogP contribution in [0.1, 0.15) is 0 Å². The number of rotatable bonds is 4. The summed E-state index contributed by atoms with van der Waals surface area (Å²) in [5, 5.41) is 0. The summed E-state index contributed by atoms with van der Waals surface area (Å²) in [5.41, 5.74) is -0.0834. The van der Waals surface area contributed by atoms with Crippen molar-refractivity contribution in [3.8, 4) is 0 Å². The smallest absolute Gasteiger partial charge is 0.324 e. The molecule has 0 aliphatic rings. The van der Waals surface area contributed by atoms with Gasteiger partial charge in [-0.1, -0.05) is 24.3 Å². The van der Waals surface area contributed by atoms with Crippen LogP contribution in [0.5, 0.6) is 0 Å². The maximum absolute atomic E-state index is 11.3. The molecule has 92 valence electrons. The van der Waals surface area contributed by atoms with E-state index in [1.807, 2.05) is 30.3 Å². The molecule has 1 heterocycles. The van der Waals surface area contributed by atoms with E-state index in [0.29, 0.717) is 12.4 Å². The minimum Gasteiger partial charge on any atom is -0.324 e. The molecule has 0 spiro atoms. The summed E-state index contributed by atoms with van der Waals surface area (Å²) in [7, 11) is 0. The molecule has 5 heteroatoms. The zero-order valence-corrected chi connectivity index (χ0v) is 9.72. The highest BCUT2D eigenvalue weighted by atomic mass is 16.2. The van der Waals surface area contributed by atoms with Gasteiger partial charge in [0.2, 0.25) is 0 Å². The maximum Gasteiger partial charge on any atom is 0.327 e. The molecule has 2 rings (SSSR count). The number of nitrogens with zero attached hydrogens (tertiary/aromatic N) is 1. The predicted molar refractivity (Wildman–Crippen MR) is 71.3 cm³/mol. The number of anilines is 2. The van der Waals surface area contributed by atoms with E-state index in [0.717, 1.165) is 5.69 Å². The maximum atomic E-state index is 11.3. The van der Waals surface area contributed by atoms with Crippen molar-refractivity contribution in [3.63, 3.8) is 0 Å². The third kappa shape index (κ3) is 2.57. The lowest BCUT2D eigenvalue weighted by atomic mass is 10.3. The minimum absolute atomic E-state index is 0.432. The highest BCUT2D eigenvalue weighted by Crippen LogP contribution is 2.20. The fourth-order valence-electron chi connectivity index (χ4n) is 1.68. The first-order valence-corrected chi connectivity index (χ1v) is 5.48. The van der Waals surface area contributed by atoms with Crippen LogP contribution in [0.4, 0.5) is 11.5 Å². The number of para-hydroxylation sites is 1. The Labute approximate surface area is 103 Å². The van der Waals surface area contributed by atoms with Gasteiger partial charge in [0.25, 0.3) is 5.56 Å². The number of aromatic amines is 2. The molecule has 1 aromatic heterocycles. The van der Waals surface area contributed by atoms with Crippen molar-refractivity contribution in [1.29, 1.82) is 0 Å². The molecular weight excluding hydrogens is 230 g/mol. The molecule has 0 atom stereocenters. The highest BCUT2D eigenvalue weighted by molar-refractivity contribution is 5.59. The van der Waals surface area contributed by atoms with Crippen molar-refractivity contribution in [1.82, 2.24) is 9.97 Å². The molecular formula is C13H13N3O2. The molecule has 0 aliphatic heterocycles. The number of hydrogen-bond acceptors (Lipinski definition) is 3. The molecule has 2 N–H and O–H groups in total. The molecule has 18 heavy (non-hydrogen) atoms. The standard InChI is InChI=1S/C13H13N3O2/c1-2-8-16(10-6-4-3-5-7-10)11-9-12(17)15-13(18)14-11/h2-7,9H,1,8H2,(H2,14,15,17,18). The van der Waals surface area contributed by atoms with E-state index >= 15 is 0 Å². The number of H-pyrrole nitrogens is 2.